The Morgan fingerprint density at radius 2 is 1.86 bits per heavy atom. The third-order valence-electron chi connectivity index (χ3n) is 11.7. The number of rotatable bonds is 6. The molecule has 1 heterocycles. The summed E-state index contributed by atoms with van der Waals surface area (Å²) in [6.45, 7) is 6.83. The Hall–Kier alpha value is -1.63. The third kappa shape index (κ3) is 4.22. The third-order valence-corrected chi connectivity index (χ3v) is 11.7. The minimum absolute atomic E-state index is 0.00651. The number of azide groups is 1. The van der Waals surface area contributed by atoms with Gasteiger partial charge in [-0.1, -0.05) is 49.3 Å². The van der Waals surface area contributed by atoms with Crippen LogP contribution in [0.3, 0.4) is 0 Å². The van der Waals surface area contributed by atoms with Crippen LogP contribution in [0.5, 0.6) is 0 Å². The summed E-state index contributed by atoms with van der Waals surface area (Å²) in [5, 5.41) is 15.4. The number of fused-ring (bicyclic) bond motifs is 5. The number of benzene rings is 1. The lowest BCUT2D eigenvalue weighted by atomic mass is 9.44. The summed E-state index contributed by atoms with van der Waals surface area (Å²) in [6, 6.07) is 10.3. The van der Waals surface area contributed by atoms with Crippen LogP contribution in [0.2, 0.25) is 0 Å². The summed E-state index contributed by atoms with van der Waals surface area (Å²) in [7, 11) is 0. The van der Waals surface area contributed by atoms with Gasteiger partial charge >= 0.3 is 0 Å². The van der Waals surface area contributed by atoms with Gasteiger partial charge in [-0.15, -0.1) is 0 Å². The van der Waals surface area contributed by atoms with Gasteiger partial charge in [0.1, 0.15) is 6.10 Å². The van der Waals surface area contributed by atoms with Crippen molar-refractivity contribution in [3.8, 4) is 0 Å². The molecule has 5 fully saturated rings. The van der Waals surface area contributed by atoms with E-state index < -0.39 is 11.4 Å². The number of nitrogens with zero attached hydrogens (tertiary/aromatic N) is 3. The maximum absolute atomic E-state index is 11.5. The zero-order chi connectivity index (χ0) is 25.7. The van der Waals surface area contributed by atoms with Crippen molar-refractivity contribution in [3.05, 3.63) is 46.3 Å². The van der Waals surface area contributed by atoms with Crippen molar-refractivity contribution in [3.63, 3.8) is 0 Å². The average molecular weight is 510 g/mol. The molecule has 1 aromatic carbocycles. The minimum atomic E-state index is -0.855. The fourth-order valence-corrected chi connectivity index (χ4v) is 9.53. The zero-order valence-corrected chi connectivity index (χ0v) is 22.5. The molecule has 202 valence electrons. The molecule has 0 aromatic heterocycles. The molecule has 7 heteroatoms. The van der Waals surface area contributed by atoms with Gasteiger partial charge in [-0.05, 0) is 90.5 Å². The van der Waals surface area contributed by atoms with Gasteiger partial charge < -0.3 is 19.3 Å². The first-order valence-electron chi connectivity index (χ1n) is 14.5. The van der Waals surface area contributed by atoms with E-state index in [-0.39, 0.29) is 18.1 Å². The highest BCUT2D eigenvalue weighted by Gasteiger charge is 2.65. The Bertz CT molecular complexity index is 1030. The second-order valence-electron chi connectivity index (χ2n) is 13.2. The molecule has 1 N–H and O–H groups in total. The van der Waals surface area contributed by atoms with Gasteiger partial charge in [0, 0.05) is 17.8 Å². The number of hydrogen-bond acceptors (Lipinski definition) is 5. The molecule has 1 aromatic rings. The summed E-state index contributed by atoms with van der Waals surface area (Å²) in [5.41, 5.74) is 9.37. The lowest BCUT2D eigenvalue weighted by Crippen LogP contribution is -2.58. The van der Waals surface area contributed by atoms with Gasteiger partial charge in [0.05, 0.1) is 32.0 Å². The number of aliphatic hydroxyl groups is 1. The highest BCUT2D eigenvalue weighted by molar-refractivity contribution is 5.15. The SMILES string of the molecule is C[C@]12CCC3(C[C@H]1CC[C@@H]1[C@@H]2CC[C@@]2(C)[C@H]1CC[C@@]2(O)CN=[N+]=[N-])OCC(COCc1ccccc1)O3. The van der Waals surface area contributed by atoms with Crippen molar-refractivity contribution in [2.45, 2.75) is 95.7 Å². The maximum atomic E-state index is 11.5. The monoisotopic (exact) mass is 509 g/mol. The van der Waals surface area contributed by atoms with E-state index in [0.717, 1.165) is 44.9 Å². The fraction of sp³-hybridized carbons (Fsp3) is 0.800. The summed E-state index contributed by atoms with van der Waals surface area (Å²) in [5.74, 6) is 2.03. The predicted molar refractivity (Wildman–Crippen MR) is 140 cm³/mol. The van der Waals surface area contributed by atoms with Gasteiger partial charge in [-0.2, -0.15) is 0 Å². The molecule has 2 unspecified atom stereocenters. The fourth-order valence-electron chi connectivity index (χ4n) is 9.53. The largest absolute Gasteiger partial charge is 0.389 e. The molecule has 4 aliphatic carbocycles. The molecule has 5 aliphatic rings. The Kier molecular flexibility index (Phi) is 6.60. The molecule has 4 saturated carbocycles. The van der Waals surface area contributed by atoms with Crippen molar-refractivity contribution in [1.29, 1.82) is 0 Å². The standard InChI is InChI=1S/C30H43N3O4/c1-27-14-15-30(36-19-23(37-30)18-35-17-21-6-4-3-5-7-21)16-22(27)8-9-24-25(27)10-12-28(2)26(24)11-13-29(28,34)20-32-33-31/h3-7,22-26,34H,8-20H2,1-2H3/t22-,23?,24-,25+,26+,27+,28+,29-,30?/m1/s1. The van der Waals surface area contributed by atoms with E-state index in [1.54, 1.807) is 0 Å². The quantitative estimate of drug-likeness (QED) is 0.273. The van der Waals surface area contributed by atoms with Gasteiger partial charge in [-0.3, -0.25) is 0 Å². The summed E-state index contributed by atoms with van der Waals surface area (Å²) in [4.78, 5) is 2.96. The summed E-state index contributed by atoms with van der Waals surface area (Å²) >= 11 is 0. The highest BCUT2D eigenvalue weighted by atomic mass is 16.7. The van der Waals surface area contributed by atoms with E-state index in [1.165, 1.54) is 18.4 Å². The van der Waals surface area contributed by atoms with Crippen molar-refractivity contribution in [1.82, 2.24) is 0 Å². The first-order valence-corrected chi connectivity index (χ1v) is 14.5. The van der Waals surface area contributed by atoms with Crippen molar-refractivity contribution in [2.75, 3.05) is 19.8 Å². The highest BCUT2D eigenvalue weighted by Crippen LogP contribution is 2.69. The van der Waals surface area contributed by atoms with Crippen LogP contribution in [0.4, 0.5) is 0 Å². The minimum Gasteiger partial charge on any atom is -0.389 e. The predicted octanol–water partition coefficient (Wildman–Crippen LogP) is 6.40. The van der Waals surface area contributed by atoms with Crippen LogP contribution in [0.25, 0.3) is 10.4 Å². The van der Waals surface area contributed by atoms with Gasteiger partial charge in [0.2, 0.25) is 0 Å². The van der Waals surface area contributed by atoms with Crippen molar-refractivity contribution >= 4 is 0 Å². The molecule has 9 atom stereocenters. The molecule has 1 spiro atoms. The molecule has 0 radical (unpaired) electrons. The number of ether oxygens (including phenoxy) is 3. The molecule has 7 nitrogen and oxygen atoms in total. The van der Waals surface area contributed by atoms with Gasteiger partial charge in [-0.25, -0.2) is 0 Å². The smallest absolute Gasteiger partial charge is 0.169 e. The second-order valence-corrected chi connectivity index (χ2v) is 13.2. The molecular formula is C30H43N3O4. The molecular weight excluding hydrogens is 466 g/mol. The van der Waals surface area contributed by atoms with Crippen LogP contribution >= 0.6 is 0 Å². The Morgan fingerprint density at radius 3 is 2.68 bits per heavy atom. The first-order chi connectivity index (χ1) is 17.8. The Balaban J connectivity index is 1.09. The van der Waals surface area contributed by atoms with Crippen LogP contribution in [0.15, 0.2) is 35.4 Å². The first kappa shape index (κ1) is 25.6. The lowest BCUT2D eigenvalue weighted by molar-refractivity contribution is -0.240. The van der Waals surface area contributed by atoms with E-state index in [1.807, 2.05) is 18.2 Å². The van der Waals surface area contributed by atoms with Crippen molar-refractivity contribution < 1.29 is 19.3 Å². The van der Waals surface area contributed by atoms with E-state index in [4.69, 9.17) is 19.7 Å². The normalized spacial score (nSPS) is 46.6. The van der Waals surface area contributed by atoms with Crippen LogP contribution in [-0.4, -0.2) is 42.4 Å². The molecule has 37 heavy (non-hydrogen) atoms. The van der Waals surface area contributed by atoms with E-state index in [0.29, 0.717) is 48.9 Å². The van der Waals surface area contributed by atoms with Crippen LogP contribution in [0.1, 0.15) is 77.2 Å². The van der Waals surface area contributed by atoms with Crippen LogP contribution in [0, 0.1) is 34.5 Å². The molecule has 1 aliphatic heterocycles. The van der Waals surface area contributed by atoms with Gasteiger partial charge in [0.25, 0.3) is 0 Å². The molecule has 0 bridgehead atoms. The van der Waals surface area contributed by atoms with E-state index in [9.17, 15) is 5.11 Å². The van der Waals surface area contributed by atoms with E-state index in [2.05, 4.69) is 36.0 Å². The summed E-state index contributed by atoms with van der Waals surface area (Å²) < 4.78 is 19.0. The summed E-state index contributed by atoms with van der Waals surface area (Å²) in [6.07, 6.45) is 9.53. The second kappa shape index (κ2) is 9.53. The van der Waals surface area contributed by atoms with Crippen LogP contribution in [-0.2, 0) is 20.8 Å². The Morgan fingerprint density at radius 1 is 1.05 bits per heavy atom. The lowest BCUT2D eigenvalue weighted by Gasteiger charge is -2.62. The number of hydrogen-bond donors (Lipinski definition) is 1. The maximum Gasteiger partial charge on any atom is 0.169 e. The van der Waals surface area contributed by atoms with Crippen LogP contribution < -0.4 is 0 Å². The topological polar surface area (TPSA) is 96.7 Å². The van der Waals surface area contributed by atoms with E-state index >= 15 is 0 Å². The zero-order valence-electron chi connectivity index (χ0n) is 22.5. The Labute approximate surface area is 220 Å². The van der Waals surface area contributed by atoms with Crippen molar-refractivity contribution in [2.24, 2.45) is 39.6 Å². The molecule has 6 rings (SSSR count). The molecule has 0 amide bonds. The molecule has 1 saturated heterocycles. The van der Waals surface area contributed by atoms with Gasteiger partial charge in [0.15, 0.2) is 5.79 Å². The average Bonchev–Trinajstić information content (AvgIpc) is 3.42.